The first-order valence-electron chi connectivity index (χ1n) is 29.9. The molecule has 6 nitrogen and oxygen atoms in total. The van der Waals surface area contributed by atoms with E-state index in [1.165, 1.54) is 205 Å². The van der Waals surface area contributed by atoms with Crippen molar-refractivity contribution in [3.63, 3.8) is 0 Å². The molecule has 3 N–H and O–H groups in total. The van der Waals surface area contributed by atoms with E-state index in [-0.39, 0.29) is 18.5 Å². The number of carbonyl (C=O) groups is 2. The monoisotopic (exact) mass is 954 g/mol. The number of nitrogens with one attached hydrogen (secondary N) is 1. The fourth-order valence-corrected chi connectivity index (χ4v) is 8.99. The van der Waals surface area contributed by atoms with Crippen LogP contribution in [-0.2, 0) is 14.3 Å². The number of amides is 1. The summed E-state index contributed by atoms with van der Waals surface area (Å²) in [5, 5.41) is 23.2. The molecule has 6 heteroatoms. The van der Waals surface area contributed by atoms with Gasteiger partial charge in [-0.1, -0.05) is 255 Å². The number of aliphatic hydroxyl groups is 2. The Labute approximate surface area is 423 Å². The van der Waals surface area contributed by atoms with Gasteiger partial charge in [0.1, 0.15) is 0 Å². The molecule has 0 aromatic rings. The number of carbonyl (C=O) groups excluding carboxylic acids is 2. The Hall–Kier alpha value is -2.18. The second-order valence-electron chi connectivity index (χ2n) is 20.3. The van der Waals surface area contributed by atoms with Crippen molar-refractivity contribution in [1.29, 1.82) is 0 Å². The molecule has 0 aliphatic rings. The van der Waals surface area contributed by atoms with E-state index in [1.807, 2.05) is 0 Å². The van der Waals surface area contributed by atoms with Crippen molar-refractivity contribution in [2.45, 2.75) is 321 Å². The number of ether oxygens (including phenoxy) is 1. The molecule has 2 unspecified atom stereocenters. The minimum atomic E-state index is -0.671. The van der Waals surface area contributed by atoms with Crippen molar-refractivity contribution in [2.75, 3.05) is 13.2 Å². The van der Waals surface area contributed by atoms with Gasteiger partial charge in [0.05, 0.1) is 25.4 Å². The quantitative estimate of drug-likeness (QED) is 0.0321. The van der Waals surface area contributed by atoms with Crippen LogP contribution in [0.15, 0.2) is 48.6 Å². The van der Waals surface area contributed by atoms with Crippen LogP contribution >= 0.6 is 0 Å². The zero-order valence-electron chi connectivity index (χ0n) is 45.3. The highest BCUT2D eigenvalue weighted by Gasteiger charge is 2.20. The second kappa shape index (κ2) is 57.4. The lowest BCUT2D eigenvalue weighted by molar-refractivity contribution is -0.143. The molecule has 398 valence electrons. The number of unbranched alkanes of at least 4 members (excludes halogenated alkanes) is 36. The molecule has 1 amide bonds. The fourth-order valence-electron chi connectivity index (χ4n) is 8.99. The van der Waals surface area contributed by atoms with E-state index in [0.717, 1.165) is 70.6 Å². The number of rotatable bonds is 55. The molecule has 0 saturated carbocycles. The van der Waals surface area contributed by atoms with E-state index in [1.54, 1.807) is 0 Å². The summed E-state index contributed by atoms with van der Waals surface area (Å²) in [7, 11) is 0. The van der Waals surface area contributed by atoms with Gasteiger partial charge in [-0.2, -0.15) is 0 Å². The van der Waals surface area contributed by atoms with Crippen LogP contribution in [0.2, 0.25) is 0 Å². The Morgan fingerprint density at radius 2 is 0.735 bits per heavy atom. The Morgan fingerprint density at radius 1 is 0.412 bits per heavy atom. The van der Waals surface area contributed by atoms with Crippen molar-refractivity contribution >= 4 is 11.9 Å². The minimum absolute atomic E-state index is 0.00738. The molecule has 0 aromatic heterocycles. The van der Waals surface area contributed by atoms with Crippen molar-refractivity contribution in [2.24, 2.45) is 0 Å². The van der Waals surface area contributed by atoms with Gasteiger partial charge in [-0.15, -0.1) is 0 Å². The lowest BCUT2D eigenvalue weighted by Crippen LogP contribution is -2.45. The molecule has 0 rings (SSSR count). The molecule has 0 fully saturated rings. The number of esters is 1. The highest BCUT2D eigenvalue weighted by atomic mass is 16.5. The minimum Gasteiger partial charge on any atom is -0.466 e. The maximum atomic E-state index is 12.5. The molecule has 0 saturated heterocycles. The molecule has 0 heterocycles. The normalized spacial score (nSPS) is 12.9. The topological polar surface area (TPSA) is 95.9 Å². The van der Waals surface area contributed by atoms with Crippen LogP contribution in [0.3, 0.4) is 0 Å². The first-order chi connectivity index (χ1) is 33.5. The van der Waals surface area contributed by atoms with Crippen molar-refractivity contribution in [1.82, 2.24) is 5.32 Å². The van der Waals surface area contributed by atoms with Gasteiger partial charge in [0, 0.05) is 12.8 Å². The average molecular weight is 955 g/mol. The number of hydrogen-bond donors (Lipinski definition) is 3. The van der Waals surface area contributed by atoms with Crippen molar-refractivity contribution < 1.29 is 24.5 Å². The number of allylic oxidation sites excluding steroid dienone is 8. The highest BCUT2D eigenvalue weighted by molar-refractivity contribution is 5.76. The first-order valence-corrected chi connectivity index (χ1v) is 29.9. The molecule has 0 bridgehead atoms. The molecule has 0 aliphatic carbocycles. The van der Waals surface area contributed by atoms with Gasteiger partial charge in [0.25, 0.3) is 0 Å². The predicted octanol–water partition coefficient (Wildman–Crippen LogP) is 18.6. The van der Waals surface area contributed by atoms with Crippen molar-refractivity contribution in [3.05, 3.63) is 48.6 Å². The maximum absolute atomic E-state index is 12.5. The Bertz CT molecular complexity index is 1150. The van der Waals surface area contributed by atoms with Gasteiger partial charge in [-0.3, -0.25) is 9.59 Å². The Morgan fingerprint density at radius 3 is 1.15 bits per heavy atom. The SMILES string of the molecule is CCCCC/C=C\C/C=C\CCCCCCCC(=O)OCCCCCCCCCCC/C=C\C/C=C\CCCCCCCCCC(=O)NC(CO)C(O)CCCCCCCCCCCCCCC. The Kier molecular flexibility index (Phi) is 55.6. The molecule has 0 radical (unpaired) electrons. The van der Waals surface area contributed by atoms with Crippen LogP contribution in [0.4, 0.5) is 0 Å². The predicted molar refractivity (Wildman–Crippen MR) is 296 cm³/mol. The molecule has 68 heavy (non-hydrogen) atoms. The zero-order chi connectivity index (χ0) is 49.3. The summed E-state index contributed by atoms with van der Waals surface area (Å²) in [5.74, 6) is -0.0533. The van der Waals surface area contributed by atoms with E-state index in [9.17, 15) is 19.8 Å². The molecule has 0 aliphatic heterocycles. The third-order valence-corrected chi connectivity index (χ3v) is 13.6. The van der Waals surface area contributed by atoms with Crippen LogP contribution in [0.1, 0.15) is 309 Å². The van der Waals surface area contributed by atoms with Gasteiger partial charge >= 0.3 is 5.97 Å². The second-order valence-corrected chi connectivity index (χ2v) is 20.3. The average Bonchev–Trinajstić information content (AvgIpc) is 3.34. The smallest absolute Gasteiger partial charge is 0.305 e. The van der Waals surface area contributed by atoms with E-state index >= 15 is 0 Å². The third-order valence-electron chi connectivity index (χ3n) is 13.6. The number of hydrogen-bond acceptors (Lipinski definition) is 5. The first kappa shape index (κ1) is 65.8. The highest BCUT2D eigenvalue weighted by Crippen LogP contribution is 2.16. The maximum Gasteiger partial charge on any atom is 0.305 e. The van der Waals surface area contributed by atoms with Crippen LogP contribution < -0.4 is 5.32 Å². The molecular weight excluding hydrogens is 839 g/mol. The van der Waals surface area contributed by atoms with Crippen LogP contribution in [0, 0.1) is 0 Å². The van der Waals surface area contributed by atoms with Crippen molar-refractivity contribution in [3.8, 4) is 0 Å². The molecule has 0 aromatic carbocycles. The van der Waals surface area contributed by atoms with Gasteiger partial charge < -0.3 is 20.3 Å². The molecule has 2 atom stereocenters. The van der Waals surface area contributed by atoms with Crippen LogP contribution in [0.5, 0.6) is 0 Å². The van der Waals surface area contributed by atoms with E-state index in [4.69, 9.17) is 4.74 Å². The summed E-state index contributed by atoms with van der Waals surface area (Å²) < 4.78 is 5.47. The number of aliphatic hydroxyl groups excluding tert-OH is 2. The van der Waals surface area contributed by atoms with Crippen LogP contribution in [0.25, 0.3) is 0 Å². The van der Waals surface area contributed by atoms with E-state index in [0.29, 0.717) is 25.9 Å². The summed E-state index contributed by atoms with van der Waals surface area (Å²) in [6.07, 6.45) is 72.5. The van der Waals surface area contributed by atoms with Gasteiger partial charge in [0.15, 0.2) is 0 Å². The van der Waals surface area contributed by atoms with E-state index < -0.39 is 12.1 Å². The van der Waals surface area contributed by atoms with Gasteiger partial charge in [-0.25, -0.2) is 0 Å². The summed E-state index contributed by atoms with van der Waals surface area (Å²) in [6.45, 7) is 4.91. The lowest BCUT2D eigenvalue weighted by atomic mass is 10.0. The Balaban J connectivity index is 3.45. The molecule has 0 spiro atoms. The van der Waals surface area contributed by atoms with E-state index in [2.05, 4.69) is 67.8 Å². The third kappa shape index (κ3) is 53.2. The largest absolute Gasteiger partial charge is 0.466 e. The van der Waals surface area contributed by atoms with Gasteiger partial charge in [-0.05, 0) is 89.9 Å². The lowest BCUT2D eigenvalue weighted by Gasteiger charge is -2.22. The zero-order valence-corrected chi connectivity index (χ0v) is 45.3. The summed E-state index contributed by atoms with van der Waals surface area (Å²) >= 11 is 0. The fraction of sp³-hybridized carbons (Fsp3) is 0.839. The summed E-state index contributed by atoms with van der Waals surface area (Å²) in [5.41, 5.74) is 0. The van der Waals surface area contributed by atoms with Gasteiger partial charge in [0.2, 0.25) is 5.91 Å². The molecular formula is C62H115NO5. The standard InChI is InChI=1S/C62H115NO5/c1-3-5-7-9-11-13-15-17-27-32-36-40-44-48-52-56-62(67)68-57-53-49-45-41-37-33-29-26-24-22-20-18-19-21-23-25-28-31-35-39-43-47-51-55-61(66)63-59(58-64)60(65)54-50-46-42-38-34-30-16-14-12-10-8-6-4-2/h11,13,17-18,20-21,23,27,59-60,64-65H,3-10,12,14-16,19,22,24-26,28-58H2,1-2H3,(H,63,66)/b13-11-,20-18-,23-21-,27-17-. The summed E-state index contributed by atoms with van der Waals surface area (Å²) in [6, 6.07) is -0.549. The summed E-state index contributed by atoms with van der Waals surface area (Å²) in [4.78, 5) is 24.5. The van der Waals surface area contributed by atoms with Crippen LogP contribution in [-0.4, -0.2) is 47.4 Å².